The second kappa shape index (κ2) is 3.48. The quantitative estimate of drug-likeness (QED) is 0.576. The van der Waals surface area contributed by atoms with E-state index in [1.165, 1.54) is 0 Å². The Bertz CT molecular complexity index is 314. The van der Waals surface area contributed by atoms with Crippen molar-refractivity contribution in [3.8, 4) is 0 Å². The van der Waals surface area contributed by atoms with Gasteiger partial charge in [0, 0.05) is 11.9 Å². The molecule has 13 heavy (non-hydrogen) atoms. The summed E-state index contributed by atoms with van der Waals surface area (Å²) in [6.07, 6.45) is 5.83. The van der Waals surface area contributed by atoms with Crippen molar-refractivity contribution >= 4 is 12.6 Å². The highest BCUT2D eigenvalue weighted by Crippen LogP contribution is 2.16. The molecule has 2 N–H and O–H groups in total. The lowest BCUT2D eigenvalue weighted by Gasteiger charge is -2.17. The topological polar surface area (TPSA) is 53.4 Å². The van der Waals surface area contributed by atoms with Crippen LogP contribution in [-0.2, 0) is 12.8 Å². The normalized spacial score (nSPS) is 15.2. The largest absolute Gasteiger partial charge is 0.488 e. The number of pyridine rings is 1. The Morgan fingerprint density at radius 1 is 1.23 bits per heavy atom. The molecule has 1 aromatic heterocycles. The maximum atomic E-state index is 9.11. The number of aromatic nitrogens is 1. The average Bonchev–Trinajstić information content (AvgIpc) is 2.17. The zero-order chi connectivity index (χ0) is 9.26. The van der Waals surface area contributed by atoms with E-state index in [2.05, 4.69) is 4.98 Å². The second-order valence-electron chi connectivity index (χ2n) is 3.41. The standard InChI is InChI=1S/C9H12BNO2/c12-10(13)8-5-6-11-9-4-2-1-3-7(8)9/h5-6,12-13H,1-4H2. The predicted octanol–water partition coefficient (Wildman–Crippen LogP) is -0.360. The van der Waals surface area contributed by atoms with Crippen LogP contribution in [0.5, 0.6) is 0 Å². The Morgan fingerprint density at radius 3 is 2.77 bits per heavy atom. The van der Waals surface area contributed by atoms with Gasteiger partial charge in [0.2, 0.25) is 0 Å². The molecule has 0 aromatic carbocycles. The van der Waals surface area contributed by atoms with Gasteiger partial charge in [0.1, 0.15) is 0 Å². The van der Waals surface area contributed by atoms with Gasteiger partial charge < -0.3 is 10.0 Å². The summed E-state index contributed by atoms with van der Waals surface area (Å²) in [7, 11) is -1.35. The molecule has 4 heteroatoms. The summed E-state index contributed by atoms with van der Waals surface area (Å²) in [4.78, 5) is 4.24. The maximum Gasteiger partial charge on any atom is 0.488 e. The van der Waals surface area contributed by atoms with Crippen molar-refractivity contribution in [3.05, 3.63) is 23.5 Å². The minimum Gasteiger partial charge on any atom is -0.423 e. The zero-order valence-electron chi connectivity index (χ0n) is 7.40. The number of aryl methyl sites for hydroxylation is 1. The van der Waals surface area contributed by atoms with Crippen LogP contribution in [0.25, 0.3) is 0 Å². The van der Waals surface area contributed by atoms with E-state index >= 15 is 0 Å². The third-order valence-electron chi connectivity index (χ3n) is 2.55. The molecule has 0 aliphatic heterocycles. The Hall–Kier alpha value is -0.865. The van der Waals surface area contributed by atoms with Gasteiger partial charge in [-0.3, -0.25) is 4.98 Å². The van der Waals surface area contributed by atoms with E-state index in [0.29, 0.717) is 5.46 Å². The molecule has 1 aromatic rings. The lowest BCUT2D eigenvalue weighted by Crippen LogP contribution is -2.35. The van der Waals surface area contributed by atoms with Crippen molar-refractivity contribution in [1.29, 1.82) is 0 Å². The molecule has 0 saturated carbocycles. The highest BCUT2D eigenvalue weighted by molar-refractivity contribution is 6.59. The number of rotatable bonds is 1. The zero-order valence-corrected chi connectivity index (χ0v) is 7.40. The maximum absolute atomic E-state index is 9.11. The van der Waals surface area contributed by atoms with Crippen molar-refractivity contribution in [2.24, 2.45) is 0 Å². The summed E-state index contributed by atoms with van der Waals surface area (Å²) < 4.78 is 0. The Balaban J connectivity index is 2.46. The highest BCUT2D eigenvalue weighted by atomic mass is 16.4. The van der Waals surface area contributed by atoms with Crippen LogP contribution in [0, 0.1) is 0 Å². The minimum atomic E-state index is -1.35. The van der Waals surface area contributed by atoms with Crippen LogP contribution in [-0.4, -0.2) is 22.2 Å². The molecule has 0 spiro atoms. The summed E-state index contributed by atoms with van der Waals surface area (Å²) in [5.41, 5.74) is 2.71. The van der Waals surface area contributed by atoms with Crippen LogP contribution in [0.2, 0.25) is 0 Å². The first-order chi connectivity index (χ1) is 6.29. The molecular formula is C9H12BNO2. The van der Waals surface area contributed by atoms with Crippen LogP contribution in [0.15, 0.2) is 12.3 Å². The van der Waals surface area contributed by atoms with Gasteiger partial charge in [-0.05, 0) is 42.8 Å². The van der Waals surface area contributed by atoms with E-state index in [0.717, 1.165) is 36.9 Å². The summed E-state index contributed by atoms with van der Waals surface area (Å²) in [6.45, 7) is 0. The lowest BCUT2D eigenvalue weighted by atomic mass is 9.74. The number of fused-ring (bicyclic) bond motifs is 1. The molecule has 0 amide bonds. The molecule has 0 fully saturated rings. The number of hydrogen-bond acceptors (Lipinski definition) is 3. The van der Waals surface area contributed by atoms with Gasteiger partial charge in [-0.25, -0.2) is 0 Å². The molecule has 0 radical (unpaired) electrons. The molecule has 2 rings (SSSR count). The van der Waals surface area contributed by atoms with Crippen molar-refractivity contribution in [2.45, 2.75) is 25.7 Å². The molecular weight excluding hydrogens is 165 g/mol. The van der Waals surface area contributed by atoms with Gasteiger partial charge in [-0.2, -0.15) is 0 Å². The molecule has 0 bridgehead atoms. The second-order valence-corrected chi connectivity index (χ2v) is 3.41. The minimum absolute atomic E-state index is 0.629. The van der Waals surface area contributed by atoms with Crippen molar-refractivity contribution in [2.75, 3.05) is 0 Å². The van der Waals surface area contributed by atoms with E-state index < -0.39 is 7.12 Å². The Labute approximate surface area is 77.6 Å². The third kappa shape index (κ3) is 1.60. The van der Waals surface area contributed by atoms with E-state index in [1.807, 2.05) is 0 Å². The molecule has 1 aliphatic rings. The van der Waals surface area contributed by atoms with Crippen LogP contribution < -0.4 is 5.46 Å². The summed E-state index contributed by atoms with van der Waals surface area (Å²) in [6, 6.07) is 1.69. The first-order valence-electron chi connectivity index (χ1n) is 4.62. The van der Waals surface area contributed by atoms with Gasteiger partial charge in [0.05, 0.1) is 0 Å². The van der Waals surface area contributed by atoms with Gasteiger partial charge in [-0.1, -0.05) is 0 Å². The monoisotopic (exact) mass is 177 g/mol. The lowest BCUT2D eigenvalue weighted by molar-refractivity contribution is 0.425. The predicted molar refractivity (Wildman–Crippen MR) is 50.7 cm³/mol. The molecule has 0 atom stereocenters. The molecule has 1 aliphatic carbocycles. The molecule has 1 heterocycles. The molecule has 0 unspecified atom stereocenters. The smallest absolute Gasteiger partial charge is 0.423 e. The SMILES string of the molecule is OB(O)c1ccnc2c1CCCC2. The van der Waals surface area contributed by atoms with Gasteiger partial charge in [0.25, 0.3) is 0 Å². The van der Waals surface area contributed by atoms with E-state index in [4.69, 9.17) is 10.0 Å². The summed E-state index contributed by atoms with van der Waals surface area (Å²) in [5, 5.41) is 18.2. The van der Waals surface area contributed by atoms with E-state index in [1.54, 1.807) is 12.3 Å². The van der Waals surface area contributed by atoms with Gasteiger partial charge in [-0.15, -0.1) is 0 Å². The molecule has 68 valence electrons. The highest BCUT2D eigenvalue weighted by Gasteiger charge is 2.20. The van der Waals surface area contributed by atoms with Crippen molar-refractivity contribution in [3.63, 3.8) is 0 Å². The van der Waals surface area contributed by atoms with Crippen LogP contribution in [0.3, 0.4) is 0 Å². The fourth-order valence-corrected chi connectivity index (χ4v) is 1.89. The fourth-order valence-electron chi connectivity index (χ4n) is 1.89. The van der Waals surface area contributed by atoms with Crippen molar-refractivity contribution < 1.29 is 10.0 Å². The van der Waals surface area contributed by atoms with Gasteiger partial charge in [0.15, 0.2) is 0 Å². The first-order valence-corrected chi connectivity index (χ1v) is 4.62. The van der Waals surface area contributed by atoms with Crippen LogP contribution in [0.4, 0.5) is 0 Å². The molecule has 3 nitrogen and oxygen atoms in total. The number of nitrogens with zero attached hydrogens (tertiary/aromatic N) is 1. The van der Waals surface area contributed by atoms with Crippen molar-refractivity contribution in [1.82, 2.24) is 4.98 Å². The summed E-state index contributed by atoms with van der Waals surface area (Å²) in [5.74, 6) is 0. The van der Waals surface area contributed by atoms with Crippen LogP contribution >= 0.6 is 0 Å². The van der Waals surface area contributed by atoms with E-state index in [-0.39, 0.29) is 0 Å². The Morgan fingerprint density at radius 2 is 2.00 bits per heavy atom. The average molecular weight is 177 g/mol. The third-order valence-corrected chi connectivity index (χ3v) is 2.55. The molecule has 0 saturated heterocycles. The summed E-state index contributed by atoms with van der Waals surface area (Å²) >= 11 is 0. The van der Waals surface area contributed by atoms with Crippen LogP contribution in [0.1, 0.15) is 24.1 Å². The first kappa shape index (κ1) is 8.72. The Kier molecular flexibility index (Phi) is 2.33. The number of hydrogen-bond donors (Lipinski definition) is 2. The fraction of sp³-hybridized carbons (Fsp3) is 0.444. The van der Waals surface area contributed by atoms with Gasteiger partial charge >= 0.3 is 7.12 Å². The van der Waals surface area contributed by atoms with E-state index in [9.17, 15) is 0 Å².